The summed E-state index contributed by atoms with van der Waals surface area (Å²) in [6.45, 7) is 9.78. The summed E-state index contributed by atoms with van der Waals surface area (Å²) in [6, 6.07) is 6.83. The Morgan fingerprint density at radius 3 is 2.83 bits per heavy atom. The highest BCUT2D eigenvalue weighted by Gasteiger charge is 2.15. The molecule has 1 heterocycles. The molecule has 1 aliphatic heterocycles. The van der Waals surface area contributed by atoms with E-state index >= 15 is 0 Å². The van der Waals surface area contributed by atoms with Crippen LogP contribution in [-0.2, 0) is 11.3 Å². The van der Waals surface area contributed by atoms with E-state index in [-0.39, 0.29) is 5.82 Å². The highest BCUT2D eigenvalue weighted by molar-refractivity contribution is 7.80. The lowest BCUT2D eigenvalue weighted by Gasteiger charge is -2.31. The second kappa shape index (κ2) is 9.60. The molecular weight excluding hydrogens is 313 g/mol. The van der Waals surface area contributed by atoms with E-state index in [1.165, 1.54) is 6.07 Å². The zero-order chi connectivity index (χ0) is 16.5. The SMILES string of the molecule is C=CCNC(=S)N(CCN1CCOCC1)Cc1ccccc1F. The molecule has 0 radical (unpaired) electrons. The van der Waals surface area contributed by atoms with E-state index in [2.05, 4.69) is 16.8 Å². The molecule has 1 aromatic rings. The number of hydrogen-bond donors (Lipinski definition) is 1. The van der Waals surface area contributed by atoms with Crippen LogP contribution in [0.5, 0.6) is 0 Å². The van der Waals surface area contributed by atoms with Crippen molar-refractivity contribution in [3.63, 3.8) is 0 Å². The molecule has 0 saturated carbocycles. The molecule has 0 aliphatic carbocycles. The number of thiocarbonyl (C=S) groups is 1. The fraction of sp³-hybridized carbons (Fsp3) is 0.471. The maximum Gasteiger partial charge on any atom is 0.169 e. The molecule has 1 aliphatic rings. The molecule has 1 saturated heterocycles. The van der Waals surface area contributed by atoms with Crippen LogP contribution in [0.3, 0.4) is 0 Å². The molecule has 6 heteroatoms. The molecule has 0 bridgehead atoms. The van der Waals surface area contributed by atoms with Gasteiger partial charge in [0.05, 0.1) is 13.2 Å². The van der Waals surface area contributed by atoms with Crippen LogP contribution in [-0.4, -0.2) is 60.8 Å². The van der Waals surface area contributed by atoms with E-state index in [9.17, 15) is 4.39 Å². The van der Waals surface area contributed by atoms with E-state index in [1.807, 2.05) is 11.0 Å². The maximum absolute atomic E-state index is 13.9. The molecule has 23 heavy (non-hydrogen) atoms. The van der Waals surface area contributed by atoms with Crippen molar-refractivity contribution < 1.29 is 9.13 Å². The highest BCUT2D eigenvalue weighted by atomic mass is 32.1. The number of nitrogens with zero attached hydrogens (tertiary/aromatic N) is 2. The van der Waals surface area contributed by atoms with Gasteiger partial charge in [-0.05, 0) is 18.3 Å². The molecule has 0 aromatic heterocycles. The van der Waals surface area contributed by atoms with E-state index in [1.54, 1.807) is 18.2 Å². The first-order valence-corrected chi connectivity index (χ1v) is 8.28. The van der Waals surface area contributed by atoms with Gasteiger partial charge in [-0.25, -0.2) is 4.39 Å². The van der Waals surface area contributed by atoms with Crippen molar-refractivity contribution in [1.29, 1.82) is 0 Å². The molecule has 0 amide bonds. The Kier molecular flexibility index (Phi) is 7.45. The number of ether oxygens (including phenoxy) is 1. The molecule has 4 nitrogen and oxygen atoms in total. The van der Waals surface area contributed by atoms with Gasteiger partial charge in [0.25, 0.3) is 0 Å². The smallest absolute Gasteiger partial charge is 0.169 e. The lowest BCUT2D eigenvalue weighted by atomic mass is 10.2. The fourth-order valence-corrected chi connectivity index (χ4v) is 2.68. The number of morpholine rings is 1. The Balaban J connectivity index is 1.97. The summed E-state index contributed by atoms with van der Waals surface area (Å²) in [5.41, 5.74) is 0.650. The standard InChI is InChI=1S/C17H24FN3OS/c1-2-7-19-17(23)21(9-8-20-10-12-22-13-11-20)14-15-5-3-4-6-16(15)18/h2-6H,1,7-14H2,(H,19,23). The van der Waals surface area contributed by atoms with Crippen LogP contribution in [0.15, 0.2) is 36.9 Å². The third-order valence-corrected chi connectivity index (χ3v) is 4.20. The van der Waals surface area contributed by atoms with Crippen LogP contribution in [0, 0.1) is 5.82 Å². The monoisotopic (exact) mass is 337 g/mol. The summed E-state index contributed by atoms with van der Waals surface area (Å²) < 4.78 is 19.3. The largest absolute Gasteiger partial charge is 0.379 e. The number of hydrogen-bond acceptors (Lipinski definition) is 3. The van der Waals surface area contributed by atoms with Crippen LogP contribution in [0.4, 0.5) is 4.39 Å². The molecule has 1 aromatic carbocycles. The Bertz CT molecular complexity index is 520. The summed E-state index contributed by atoms with van der Waals surface area (Å²) in [4.78, 5) is 4.35. The predicted molar refractivity (Wildman–Crippen MR) is 94.9 cm³/mol. The molecule has 0 spiro atoms. The lowest BCUT2D eigenvalue weighted by Crippen LogP contribution is -2.45. The molecule has 0 unspecified atom stereocenters. The maximum atomic E-state index is 13.9. The Morgan fingerprint density at radius 2 is 2.13 bits per heavy atom. The summed E-state index contributed by atoms with van der Waals surface area (Å²) in [5.74, 6) is -0.199. The van der Waals surface area contributed by atoms with Gasteiger partial charge in [-0.2, -0.15) is 0 Å². The van der Waals surface area contributed by atoms with Crippen LogP contribution in [0.1, 0.15) is 5.56 Å². The van der Waals surface area contributed by atoms with Crippen molar-refractivity contribution >= 4 is 17.3 Å². The van der Waals surface area contributed by atoms with Crippen LogP contribution < -0.4 is 5.32 Å². The van der Waals surface area contributed by atoms with Crippen molar-refractivity contribution in [1.82, 2.24) is 15.1 Å². The third-order valence-electron chi connectivity index (χ3n) is 3.79. The van der Waals surface area contributed by atoms with Gasteiger partial charge in [0, 0.05) is 44.8 Å². The molecule has 2 rings (SSSR count). The molecular formula is C17H24FN3OS. The number of rotatable bonds is 7. The van der Waals surface area contributed by atoms with E-state index < -0.39 is 0 Å². The fourth-order valence-electron chi connectivity index (χ4n) is 2.44. The summed E-state index contributed by atoms with van der Waals surface area (Å²) >= 11 is 5.45. The second-order valence-electron chi connectivity index (χ2n) is 5.44. The minimum absolute atomic E-state index is 0.199. The Morgan fingerprint density at radius 1 is 1.39 bits per heavy atom. The van der Waals surface area contributed by atoms with Crippen LogP contribution >= 0.6 is 12.2 Å². The van der Waals surface area contributed by atoms with Crippen molar-refractivity contribution in [2.24, 2.45) is 0 Å². The quantitative estimate of drug-likeness (QED) is 0.607. The van der Waals surface area contributed by atoms with Gasteiger partial charge in [0.1, 0.15) is 5.82 Å². The third kappa shape index (κ3) is 5.89. The van der Waals surface area contributed by atoms with Gasteiger partial charge in [-0.15, -0.1) is 6.58 Å². The van der Waals surface area contributed by atoms with Gasteiger partial charge in [0.15, 0.2) is 5.11 Å². The zero-order valence-electron chi connectivity index (χ0n) is 13.3. The first-order chi connectivity index (χ1) is 11.2. The predicted octanol–water partition coefficient (Wildman–Crippen LogP) is 2.02. The molecule has 126 valence electrons. The summed E-state index contributed by atoms with van der Waals surface area (Å²) in [7, 11) is 0. The minimum Gasteiger partial charge on any atom is -0.379 e. The van der Waals surface area contributed by atoms with Gasteiger partial charge in [-0.3, -0.25) is 4.90 Å². The molecule has 1 fully saturated rings. The van der Waals surface area contributed by atoms with Gasteiger partial charge >= 0.3 is 0 Å². The zero-order valence-corrected chi connectivity index (χ0v) is 14.2. The molecule has 0 atom stereocenters. The van der Waals surface area contributed by atoms with Gasteiger partial charge < -0.3 is 15.0 Å². The topological polar surface area (TPSA) is 27.7 Å². The normalized spacial score (nSPS) is 15.2. The molecule has 1 N–H and O–H groups in total. The number of halogens is 1. The Hall–Kier alpha value is -1.50. The first-order valence-electron chi connectivity index (χ1n) is 7.88. The van der Waals surface area contributed by atoms with E-state index in [0.717, 1.165) is 39.4 Å². The number of nitrogens with one attached hydrogen (secondary N) is 1. The highest BCUT2D eigenvalue weighted by Crippen LogP contribution is 2.10. The van der Waals surface area contributed by atoms with Crippen molar-refractivity contribution in [3.05, 3.63) is 48.3 Å². The van der Waals surface area contributed by atoms with Crippen molar-refractivity contribution in [3.8, 4) is 0 Å². The average molecular weight is 337 g/mol. The lowest BCUT2D eigenvalue weighted by molar-refractivity contribution is 0.0357. The second-order valence-corrected chi connectivity index (χ2v) is 5.83. The van der Waals surface area contributed by atoms with Crippen molar-refractivity contribution in [2.75, 3.05) is 45.9 Å². The average Bonchev–Trinajstić information content (AvgIpc) is 2.59. The van der Waals surface area contributed by atoms with E-state index in [0.29, 0.717) is 23.8 Å². The first kappa shape index (κ1) is 17.8. The summed E-state index contributed by atoms with van der Waals surface area (Å²) in [6.07, 6.45) is 1.76. The van der Waals surface area contributed by atoms with Crippen molar-refractivity contribution in [2.45, 2.75) is 6.54 Å². The Labute approximate surface area is 142 Å². The van der Waals surface area contributed by atoms with E-state index in [4.69, 9.17) is 17.0 Å². The van der Waals surface area contributed by atoms with Gasteiger partial charge in [-0.1, -0.05) is 24.3 Å². The van der Waals surface area contributed by atoms with Crippen LogP contribution in [0.25, 0.3) is 0 Å². The van der Waals surface area contributed by atoms with Gasteiger partial charge in [0.2, 0.25) is 0 Å². The number of benzene rings is 1. The summed E-state index contributed by atoms with van der Waals surface area (Å²) in [5, 5.41) is 3.76. The van der Waals surface area contributed by atoms with Crippen LogP contribution in [0.2, 0.25) is 0 Å². The minimum atomic E-state index is -0.199.